The molecule has 0 bridgehead atoms. The zero-order valence-corrected chi connectivity index (χ0v) is 19.5. The molecule has 0 saturated carbocycles. The first-order valence-corrected chi connectivity index (χ1v) is 11.0. The fourth-order valence-electron chi connectivity index (χ4n) is 3.30. The predicted octanol–water partition coefficient (Wildman–Crippen LogP) is 4.12. The van der Waals surface area contributed by atoms with Crippen LogP contribution in [0.15, 0.2) is 42.5 Å². The van der Waals surface area contributed by atoms with Crippen molar-refractivity contribution in [3.63, 3.8) is 0 Å². The standard InChI is InChI=1S/C22H25ClN4O4S/c1-15(2)14-31-18-5-3-4-16(12-18)21(28)24-22(32)26-10-8-25(9-11-26)19-7-6-17(23)13-20(19)27(29)30/h3-7,12-13,15H,8-11,14H2,1-2H3,(H,24,28,32). The maximum absolute atomic E-state index is 12.6. The molecule has 0 unspecified atom stereocenters. The molecule has 1 aliphatic heterocycles. The third-order valence-electron chi connectivity index (χ3n) is 4.94. The molecule has 0 atom stereocenters. The average molecular weight is 477 g/mol. The zero-order valence-electron chi connectivity index (χ0n) is 17.9. The fraction of sp³-hybridized carbons (Fsp3) is 0.364. The lowest BCUT2D eigenvalue weighted by molar-refractivity contribution is -0.384. The Morgan fingerprint density at radius 3 is 2.59 bits per heavy atom. The molecule has 2 aromatic carbocycles. The van der Waals surface area contributed by atoms with Gasteiger partial charge >= 0.3 is 0 Å². The summed E-state index contributed by atoms with van der Waals surface area (Å²) in [5.74, 6) is 0.712. The van der Waals surface area contributed by atoms with E-state index in [1.165, 1.54) is 6.07 Å². The third kappa shape index (κ3) is 6.08. The monoisotopic (exact) mass is 476 g/mol. The van der Waals surface area contributed by atoms with E-state index in [0.717, 1.165) is 0 Å². The number of hydrogen-bond acceptors (Lipinski definition) is 6. The molecule has 170 valence electrons. The van der Waals surface area contributed by atoms with Gasteiger partial charge < -0.3 is 14.5 Å². The van der Waals surface area contributed by atoms with Crippen LogP contribution in [0.5, 0.6) is 5.75 Å². The summed E-state index contributed by atoms with van der Waals surface area (Å²) in [5, 5.41) is 14.8. The summed E-state index contributed by atoms with van der Waals surface area (Å²) < 4.78 is 5.68. The molecule has 10 heteroatoms. The number of thiocarbonyl (C=S) groups is 1. The van der Waals surface area contributed by atoms with Crippen molar-refractivity contribution in [1.29, 1.82) is 0 Å². The Hall–Kier alpha value is -2.91. The van der Waals surface area contributed by atoms with Gasteiger partial charge in [0.1, 0.15) is 11.4 Å². The van der Waals surface area contributed by atoms with Crippen LogP contribution in [0, 0.1) is 16.0 Å². The van der Waals surface area contributed by atoms with Crippen molar-refractivity contribution in [2.24, 2.45) is 5.92 Å². The normalized spacial score (nSPS) is 13.8. The fourth-order valence-corrected chi connectivity index (χ4v) is 3.74. The number of carbonyl (C=O) groups is 1. The van der Waals surface area contributed by atoms with Crippen molar-refractivity contribution >= 4 is 46.2 Å². The summed E-state index contributed by atoms with van der Waals surface area (Å²) in [7, 11) is 0. The average Bonchev–Trinajstić information content (AvgIpc) is 2.78. The van der Waals surface area contributed by atoms with Crippen LogP contribution in [0.1, 0.15) is 24.2 Å². The molecule has 1 N–H and O–H groups in total. The van der Waals surface area contributed by atoms with Crippen LogP contribution in [0.4, 0.5) is 11.4 Å². The quantitative estimate of drug-likeness (QED) is 0.381. The van der Waals surface area contributed by atoms with Crippen LogP contribution in [0.2, 0.25) is 5.02 Å². The summed E-state index contributed by atoms with van der Waals surface area (Å²) >= 11 is 11.3. The highest BCUT2D eigenvalue weighted by molar-refractivity contribution is 7.80. The number of nitrogens with one attached hydrogen (secondary N) is 1. The number of hydrogen-bond donors (Lipinski definition) is 1. The van der Waals surface area contributed by atoms with Gasteiger partial charge in [-0.1, -0.05) is 31.5 Å². The summed E-state index contributed by atoms with van der Waals surface area (Å²) in [6, 6.07) is 11.6. The molecule has 1 aliphatic rings. The van der Waals surface area contributed by atoms with Gasteiger partial charge in [-0.3, -0.25) is 20.2 Å². The van der Waals surface area contributed by atoms with Crippen molar-refractivity contribution in [3.05, 3.63) is 63.2 Å². The molecule has 0 radical (unpaired) electrons. The van der Waals surface area contributed by atoms with Gasteiger partial charge in [0.2, 0.25) is 0 Å². The Kier molecular flexibility index (Phi) is 7.87. The number of rotatable bonds is 6. The minimum Gasteiger partial charge on any atom is -0.493 e. The van der Waals surface area contributed by atoms with E-state index in [1.807, 2.05) is 15.9 Å². The number of halogens is 1. The molecule has 1 fully saturated rings. The van der Waals surface area contributed by atoms with Crippen LogP contribution < -0.4 is 15.0 Å². The van der Waals surface area contributed by atoms with Gasteiger partial charge in [0.25, 0.3) is 11.6 Å². The van der Waals surface area contributed by atoms with Gasteiger partial charge in [0.05, 0.1) is 11.5 Å². The smallest absolute Gasteiger partial charge is 0.294 e. The first-order valence-electron chi connectivity index (χ1n) is 10.3. The Morgan fingerprint density at radius 2 is 1.94 bits per heavy atom. The molecule has 1 saturated heterocycles. The first-order chi connectivity index (χ1) is 15.2. The highest BCUT2D eigenvalue weighted by Gasteiger charge is 2.25. The lowest BCUT2D eigenvalue weighted by atomic mass is 10.2. The largest absolute Gasteiger partial charge is 0.493 e. The van der Waals surface area contributed by atoms with Gasteiger partial charge in [0, 0.05) is 42.8 Å². The molecular formula is C22H25ClN4O4S. The first kappa shape index (κ1) is 23.7. The number of anilines is 1. The van der Waals surface area contributed by atoms with E-state index in [1.54, 1.807) is 30.3 Å². The molecule has 3 rings (SSSR count). The lowest BCUT2D eigenvalue weighted by Crippen LogP contribution is -2.52. The Morgan fingerprint density at radius 1 is 1.22 bits per heavy atom. The van der Waals surface area contributed by atoms with E-state index < -0.39 is 4.92 Å². The van der Waals surface area contributed by atoms with Gasteiger partial charge in [-0.25, -0.2) is 0 Å². The number of nitrogens with zero attached hydrogens (tertiary/aromatic N) is 3. The number of ether oxygens (including phenoxy) is 1. The molecule has 1 heterocycles. The summed E-state index contributed by atoms with van der Waals surface area (Å²) in [4.78, 5) is 27.4. The predicted molar refractivity (Wildman–Crippen MR) is 129 cm³/mol. The number of nitro benzene ring substituents is 1. The molecule has 0 aromatic heterocycles. The van der Waals surface area contributed by atoms with E-state index >= 15 is 0 Å². The van der Waals surface area contributed by atoms with Crippen molar-refractivity contribution in [3.8, 4) is 5.75 Å². The van der Waals surface area contributed by atoms with Crippen molar-refractivity contribution in [2.75, 3.05) is 37.7 Å². The van der Waals surface area contributed by atoms with E-state index in [2.05, 4.69) is 19.2 Å². The molecule has 0 spiro atoms. The van der Waals surface area contributed by atoms with E-state index in [-0.39, 0.29) is 11.6 Å². The van der Waals surface area contributed by atoms with Crippen LogP contribution in [-0.2, 0) is 0 Å². The van der Waals surface area contributed by atoms with Gasteiger partial charge in [-0.2, -0.15) is 0 Å². The maximum atomic E-state index is 12.6. The number of carbonyl (C=O) groups excluding carboxylic acids is 1. The zero-order chi connectivity index (χ0) is 23.3. The number of piperazine rings is 1. The van der Waals surface area contributed by atoms with Gasteiger partial charge in [-0.15, -0.1) is 0 Å². The minimum absolute atomic E-state index is 0.0265. The van der Waals surface area contributed by atoms with Crippen LogP contribution in [0.3, 0.4) is 0 Å². The number of benzene rings is 2. The van der Waals surface area contributed by atoms with Crippen LogP contribution in [0.25, 0.3) is 0 Å². The minimum atomic E-state index is -0.433. The van der Waals surface area contributed by atoms with Crippen molar-refractivity contribution in [2.45, 2.75) is 13.8 Å². The molecular weight excluding hydrogens is 452 g/mol. The Balaban J connectivity index is 1.58. The third-order valence-corrected chi connectivity index (χ3v) is 5.54. The maximum Gasteiger partial charge on any atom is 0.294 e. The van der Waals surface area contributed by atoms with Gasteiger partial charge in [0.15, 0.2) is 5.11 Å². The molecule has 2 aromatic rings. The molecule has 1 amide bonds. The molecule has 8 nitrogen and oxygen atoms in total. The summed E-state index contributed by atoms with van der Waals surface area (Å²) in [6.45, 7) is 6.78. The highest BCUT2D eigenvalue weighted by atomic mass is 35.5. The van der Waals surface area contributed by atoms with Crippen LogP contribution >= 0.6 is 23.8 Å². The van der Waals surface area contributed by atoms with Crippen molar-refractivity contribution in [1.82, 2.24) is 10.2 Å². The Bertz CT molecular complexity index is 1010. The van der Waals surface area contributed by atoms with Crippen molar-refractivity contribution < 1.29 is 14.5 Å². The lowest BCUT2D eigenvalue weighted by Gasteiger charge is -2.37. The highest BCUT2D eigenvalue weighted by Crippen LogP contribution is 2.31. The summed E-state index contributed by atoms with van der Waals surface area (Å²) in [6.07, 6.45) is 0. The van der Waals surface area contributed by atoms with E-state index in [4.69, 9.17) is 28.6 Å². The number of amides is 1. The number of nitro groups is 1. The van der Waals surface area contributed by atoms with E-state index in [0.29, 0.717) is 65.8 Å². The topological polar surface area (TPSA) is 88.0 Å². The second kappa shape index (κ2) is 10.6. The summed E-state index contributed by atoms with van der Waals surface area (Å²) in [5.41, 5.74) is 0.956. The second-order valence-electron chi connectivity index (χ2n) is 7.86. The molecule has 32 heavy (non-hydrogen) atoms. The Labute approximate surface area is 197 Å². The second-order valence-corrected chi connectivity index (χ2v) is 8.68. The van der Waals surface area contributed by atoms with Crippen LogP contribution in [-0.4, -0.2) is 53.6 Å². The van der Waals surface area contributed by atoms with Gasteiger partial charge in [-0.05, 0) is 48.5 Å². The SMILES string of the molecule is CC(C)COc1cccc(C(=O)NC(=S)N2CCN(c3ccc(Cl)cc3[N+](=O)[O-])CC2)c1. The molecule has 0 aliphatic carbocycles. The van der Waals surface area contributed by atoms with E-state index in [9.17, 15) is 14.9 Å².